The highest BCUT2D eigenvalue weighted by Crippen LogP contribution is 2.25. The van der Waals surface area contributed by atoms with Gasteiger partial charge in [0.1, 0.15) is 0 Å². The van der Waals surface area contributed by atoms with Gasteiger partial charge in [0.15, 0.2) is 0 Å². The molecule has 0 aliphatic rings. The van der Waals surface area contributed by atoms with Crippen molar-refractivity contribution in [2.45, 2.75) is 13.3 Å². The average Bonchev–Trinajstić information content (AvgIpc) is 2.74. The maximum atomic E-state index is 6.05. The lowest BCUT2D eigenvalue weighted by Crippen LogP contribution is -2.00. The first-order valence-electron chi connectivity index (χ1n) is 6.22. The average molecular weight is 272 g/mol. The molecule has 19 heavy (non-hydrogen) atoms. The predicted octanol–water partition coefficient (Wildman–Crippen LogP) is 3.82. The first-order chi connectivity index (χ1) is 9.19. The van der Waals surface area contributed by atoms with E-state index in [1.54, 1.807) is 0 Å². The number of aromatic nitrogens is 2. The summed E-state index contributed by atoms with van der Waals surface area (Å²) in [6, 6.07) is 13.9. The molecule has 96 valence electrons. The number of nitrogens with two attached hydrogens (primary N) is 1. The molecular formula is C15H14ClN3. The highest BCUT2D eigenvalue weighted by molar-refractivity contribution is 6.31. The normalized spacial score (nSPS) is 11.1. The third-order valence-electron chi connectivity index (χ3n) is 3.25. The van der Waals surface area contributed by atoms with Crippen LogP contribution >= 0.6 is 11.6 Å². The number of halogens is 1. The quantitative estimate of drug-likeness (QED) is 0.770. The van der Waals surface area contributed by atoms with E-state index in [9.17, 15) is 0 Å². The molecule has 0 saturated heterocycles. The third-order valence-corrected chi connectivity index (χ3v) is 3.48. The van der Waals surface area contributed by atoms with Crippen LogP contribution in [0, 0.1) is 0 Å². The summed E-state index contributed by atoms with van der Waals surface area (Å²) < 4.78 is 1.92. The van der Waals surface area contributed by atoms with Crippen molar-refractivity contribution in [3.8, 4) is 5.69 Å². The number of benzene rings is 2. The Bertz CT molecular complexity index is 729. The summed E-state index contributed by atoms with van der Waals surface area (Å²) >= 11 is 6.05. The standard InChI is InChI=1S/C15H14ClN3/c1-2-10-3-6-12(7-4-10)19-14-9-11(16)5-8-13(14)18-15(19)17/h3-9H,2H2,1H3,(H2,17,18). The van der Waals surface area contributed by atoms with Crippen molar-refractivity contribution >= 4 is 28.6 Å². The number of rotatable bonds is 2. The van der Waals surface area contributed by atoms with E-state index in [2.05, 4.69) is 36.2 Å². The number of aryl methyl sites for hydroxylation is 1. The van der Waals surface area contributed by atoms with Gasteiger partial charge in [-0.1, -0.05) is 30.7 Å². The van der Waals surface area contributed by atoms with Crippen LogP contribution in [-0.2, 0) is 6.42 Å². The zero-order chi connectivity index (χ0) is 13.4. The van der Waals surface area contributed by atoms with Crippen molar-refractivity contribution in [1.29, 1.82) is 0 Å². The van der Waals surface area contributed by atoms with Gasteiger partial charge < -0.3 is 5.73 Å². The molecule has 4 heteroatoms. The molecule has 0 bridgehead atoms. The van der Waals surface area contributed by atoms with Crippen LogP contribution in [0.25, 0.3) is 16.7 Å². The predicted molar refractivity (Wildman–Crippen MR) is 79.9 cm³/mol. The van der Waals surface area contributed by atoms with Crippen LogP contribution in [0.3, 0.4) is 0 Å². The Morgan fingerprint density at radius 2 is 1.89 bits per heavy atom. The highest BCUT2D eigenvalue weighted by atomic mass is 35.5. The number of hydrogen-bond donors (Lipinski definition) is 1. The number of imidazole rings is 1. The molecule has 2 aromatic carbocycles. The van der Waals surface area contributed by atoms with E-state index >= 15 is 0 Å². The van der Waals surface area contributed by atoms with E-state index in [-0.39, 0.29) is 0 Å². The van der Waals surface area contributed by atoms with Crippen molar-refractivity contribution in [3.05, 3.63) is 53.1 Å². The molecule has 0 spiro atoms. The maximum Gasteiger partial charge on any atom is 0.205 e. The Morgan fingerprint density at radius 3 is 2.58 bits per heavy atom. The van der Waals surface area contributed by atoms with Gasteiger partial charge in [0, 0.05) is 10.7 Å². The lowest BCUT2D eigenvalue weighted by molar-refractivity contribution is 1.09. The molecule has 0 aliphatic heterocycles. The molecule has 0 unspecified atom stereocenters. The molecule has 0 fully saturated rings. The van der Waals surface area contributed by atoms with Gasteiger partial charge in [-0.2, -0.15) is 0 Å². The fraction of sp³-hybridized carbons (Fsp3) is 0.133. The van der Waals surface area contributed by atoms with Crippen LogP contribution in [0.1, 0.15) is 12.5 Å². The molecule has 0 amide bonds. The first-order valence-corrected chi connectivity index (χ1v) is 6.59. The Hall–Kier alpha value is -2.00. The molecule has 3 nitrogen and oxygen atoms in total. The van der Waals surface area contributed by atoms with E-state index in [1.165, 1.54) is 5.56 Å². The summed E-state index contributed by atoms with van der Waals surface area (Å²) in [5.74, 6) is 0.474. The first kappa shape index (κ1) is 12.1. The monoisotopic (exact) mass is 271 g/mol. The summed E-state index contributed by atoms with van der Waals surface area (Å²) in [6.07, 6.45) is 1.02. The zero-order valence-electron chi connectivity index (χ0n) is 10.6. The van der Waals surface area contributed by atoms with E-state index in [0.717, 1.165) is 23.1 Å². The lowest BCUT2D eigenvalue weighted by atomic mass is 10.1. The Labute approximate surface area is 116 Å². The van der Waals surface area contributed by atoms with Crippen molar-refractivity contribution in [2.75, 3.05) is 5.73 Å². The summed E-state index contributed by atoms with van der Waals surface area (Å²) in [6.45, 7) is 2.13. The highest BCUT2D eigenvalue weighted by Gasteiger charge is 2.10. The molecular weight excluding hydrogens is 258 g/mol. The number of fused-ring (bicyclic) bond motifs is 1. The van der Waals surface area contributed by atoms with Gasteiger partial charge in [-0.05, 0) is 42.3 Å². The second kappa shape index (κ2) is 4.59. The molecule has 3 rings (SSSR count). The number of nitrogen functional groups attached to an aromatic ring is 1. The molecule has 0 atom stereocenters. The summed E-state index contributed by atoms with van der Waals surface area (Å²) in [5, 5.41) is 0.679. The molecule has 2 N–H and O–H groups in total. The van der Waals surface area contributed by atoms with Crippen molar-refractivity contribution in [1.82, 2.24) is 9.55 Å². The fourth-order valence-corrected chi connectivity index (χ4v) is 2.39. The summed E-state index contributed by atoms with van der Waals surface area (Å²) in [7, 11) is 0. The van der Waals surface area contributed by atoms with Gasteiger partial charge in [0.05, 0.1) is 11.0 Å². The van der Waals surface area contributed by atoms with Crippen molar-refractivity contribution in [2.24, 2.45) is 0 Å². The van der Waals surface area contributed by atoms with Crippen LogP contribution < -0.4 is 5.73 Å². The van der Waals surface area contributed by atoms with Crippen LogP contribution in [0.5, 0.6) is 0 Å². The maximum absolute atomic E-state index is 6.05. The van der Waals surface area contributed by atoms with Gasteiger partial charge in [-0.25, -0.2) is 4.98 Å². The Balaban J connectivity index is 2.22. The number of anilines is 1. The van der Waals surface area contributed by atoms with Crippen LogP contribution in [-0.4, -0.2) is 9.55 Å². The van der Waals surface area contributed by atoms with E-state index in [4.69, 9.17) is 17.3 Å². The fourth-order valence-electron chi connectivity index (χ4n) is 2.22. The third kappa shape index (κ3) is 2.06. The van der Waals surface area contributed by atoms with E-state index in [0.29, 0.717) is 11.0 Å². The van der Waals surface area contributed by atoms with Crippen LogP contribution in [0.4, 0.5) is 5.95 Å². The molecule has 0 radical (unpaired) electrons. The Kier molecular flexibility index (Phi) is 2.91. The second-order valence-electron chi connectivity index (χ2n) is 4.46. The number of hydrogen-bond acceptors (Lipinski definition) is 2. The van der Waals surface area contributed by atoms with Crippen molar-refractivity contribution < 1.29 is 0 Å². The number of nitrogens with zero attached hydrogens (tertiary/aromatic N) is 2. The van der Waals surface area contributed by atoms with Gasteiger partial charge >= 0.3 is 0 Å². The molecule has 0 saturated carbocycles. The minimum atomic E-state index is 0.474. The van der Waals surface area contributed by atoms with E-state index < -0.39 is 0 Å². The topological polar surface area (TPSA) is 43.8 Å². The van der Waals surface area contributed by atoms with Gasteiger partial charge in [0.2, 0.25) is 5.95 Å². The van der Waals surface area contributed by atoms with Crippen molar-refractivity contribution in [3.63, 3.8) is 0 Å². The SMILES string of the molecule is CCc1ccc(-n2c(N)nc3ccc(Cl)cc32)cc1. The van der Waals surface area contributed by atoms with Gasteiger partial charge in [-0.15, -0.1) is 0 Å². The summed E-state index contributed by atoms with van der Waals surface area (Å²) in [4.78, 5) is 4.36. The smallest absolute Gasteiger partial charge is 0.205 e. The Morgan fingerprint density at radius 1 is 1.16 bits per heavy atom. The molecule has 0 aliphatic carbocycles. The van der Waals surface area contributed by atoms with Gasteiger partial charge in [-0.3, -0.25) is 4.57 Å². The van der Waals surface area contributed by atoms with E-state index in [1.807, 2.05) is 22.8 Å². The van der Waals surface area contributed by atoms with Crippen LogP contribution in [0.2, 0.25) is 5.02 Å². The zero-order valence-corrected chi connectivity index (χ0v) is 11.4. The lowest BCUT2D eigenvalue weighted by Gasteiger charge is -2.07. The molecule has 3 aromatic rings. The summed E-state index contributed by atoms with van der Waals surface area (Å²) in [5.41, 5.74) is 10.1. The second-order valence-corrected chi connectivity index (χ2v) is 4.89. The minimum absolute atomic E-state index is 0.474. The molecule has 1 heterocycles. The minimum Gasteiger partial charge on any atom is -0.369 e. The largest absolute Gasteiger partial charge is 0.369 e. The van der Waals surface area contributed by atoms with Gasteiger partial charge in [0.25, 0.3) is 0 Å². The molecule has 1 aromatic heterocycles. The van der Waals surface area contributed by atoms with Crippen LogP contribution in [0.15, 0.2) is 42.5 Å².